The Bertz CT molecular complexity index is 605. The molecule has 0 atom stereocenters. The third-order valence-electron chi connectivity index (χ3n) is 2.73. The van der Waals surface area contributed by atoms with Crippen molar-refractivity contribution in [2.75, 3.05) is 5.32 Å². The topological polar surface area (TPSA) is 57.8 Å². The molecule has 1 aromatic carbocycles. The van der Waals surface area contributed by atoms with E-state index in [0.717, 1.165) is 11.3 Å². The lowest BCUT2D eigenvalue weighted by Crippen LogP contribution is -2.14. The Labute approximate surface area is 110 Å². The summed E-state index contributed by atoms with van der Waals surface area (Å²) in [6, 6.07) is 7.67. The Morgan fingerprint density at radius 1 is 1.32 bits per heavy atom. The van der Waals surface area contributed by atoms with Gasteiger partial charge in [0, 0.05) is 12.6 Å². The van der Waals surface area contributed by atoms with Gasteiger partial charge in [0.25, 0.3) is 5.56 Å². The third kappa shape index (κ3) is 3.64. The van der Waals surface area contributed by atoms with Gasteiger partial charge in [0.15, 0.2) is 0 Å². The molecule has 0 aliphatic heterocycles. The zero-order chi connectivity index (χ0) is 13.8. The maximum absolute atomic E-state index is 12.8. The second kappa shape index (κ2) is 5.65. The molecule has 0 aliphatic carbocycles. The second-order valence-corrected chi connectivity index (χ2v) is 4.65. The van der Waals surface area contributed by atoms with Crippen LogP contribution in [-0.2, 0) is 6.54 Å². The van der Waals surface area contributed by atoms with E-state index >= 15 is 0 Å². The summed E-state index contributed by atoms with van der Waals surface area (Å²) in [6.07, 6.45) is 0. The van der Waals surface area contributed by atoms with E-state index in [1.54, 1.807) is 12.1 Å². The average molecular weight is 261 g/mol. The lowest BCUT2D eigenvalue weighted by Gasteiger charge is -2.08. The number of rotatable bonds is 4. The molecule has 5 heteroatoms. The number of H-pyrrole nitrogens is 1. The van der Waals surface area contributed by atoms with Crippen LogP contribution in [0.1, 0.15) is 31.0 Å². The van der Waals surface area contributed by atoms with Crippen LogP contribution >= 0.6 is 0 Å². The Hall–Kier alpha value is -2.17. The van der Waals surface area contributed by atoms with Crippen molar-refractivity contribution in [2.24, 2.45) is 0 Å². The minimum Gasteiger partial charge on any atom is -0.352 e. The van der Waals surface area contributed by atoms with Crippen molar-refractivity contribution < 1.29 is 4.39 Å². The van der Waals surface area contributed by atoms with Crippen LogP contribution in [0, 0.1) is 5.82 Å². The fraction of sp³-hybridized carbons (Fsp3) is 0.286. The average Bonchev–Trinajstić information content (AvgIpc) is 2.37. The molecule has 0 unspecified atom stereocenters. The number of hydrogen-bond acceptors (Lipinski definition) is 3. The first kappa shape index (κ1) is 13.3. The zero-order valence-electron chi connectivity index (χ0n) is 10.9. The van der Waals surface area contributed by atoms with Gasteiger partial charge >= 0.3 is 0 Å². The third-order valence-corrected chi connectivity index (χ3v) is 2.73. The maximum atomic E-state index is 12.8. The smallest absolute Gasteiger partial charge is 0.252 e. The van der Waals surface area contributed by atoms with Crippen molar-refractivity contribution in [1.82, 2.24) is 9.97 Å². The van der Waals surface area contributed by atoms with Crippen molar-refractivity contribution in [3.05, 3.63) is 57.8 Å². The first-order valence-electron chi connectivity index (χ1n) is 6.14. The van der Waals surface area contributed by atoms with E-state index in [1.165, 1.54) is 18.2 Å². The monoisotopic (exact) mass is 261 g/mol. The van der Waals surface area contributed by atoms with E-state index in [9.17, 15) is 9.18 Å². The molecule has 4 nitrogen and oxygen atoms in total. The molecular formula is C14H16FN3O. The highest BCUT2D eigenvalue weighted by Crippen LogP contribution is 2.11. The summed E-state index contributed by atoms with van der Waals surface area (Å²) in [5.74, 6) is 0.353. The van der Waals surface area contributed by atoms with Crippen LogP contribution in [0.15, 0.2) is 35.1 Å². The van der Waals surface area contributed by atoms with Crippen molar-refractivity contribution in [2.45, 2.75) is 26.3 Å². The predicted octanol–water partition coefficient (Wildman–Crippen LogP) is 2.64. The number of benzene rings is 1. The van der Waals surface area contributed by atoms with Crippen molar-refractivity contribution in [1.29, 1.82) is 0 Å². The van der Waals surface area contributed by atoms with E-state index in [4.69, 9.17) is 0 Å². The number of nitrogens with one attached hydrogen (secondary N) is 2. The predicted molar refractivity (Wildman–Crippen MR) is 72.7 cm³/mol. The lowest BCUT2D eigenvalue weighted by molar-refractivity contribution is 0.627. The van der Waals surface area contributed by atoms with E-state index in [2.05, 4.69) is 15.3 Å². The summed E-state index contributed by atoms with van der Waals surface area (Å²) < 4.78 is 12.8. The molecule has 2 rings (SSSR count). The lowest BCUT2D eigenvalue weighted by atomic mass is 10.1. The Morgan fingerprint density at radius 2 is 2.00 bits per heavy atom. The molecule has 19 heavy (non-hydrogen) atoms. The number of hydrogen-bond donors (Lipinski definition) is 2. The molecule has 100 valence electrons. The minimum absolute atomic E-state index is 0.180. The van der Waals surface area contributed by atoms with Crippen LogP contribution in [0.5, 0.6) is 0 Å². The van der Waals surface area contributed by atoms with Gasteiger partial charge < -0.3 is 5.32 Å². The molecule has 0 spiro atoms. The van der Waals surface area contributed by atoms with Gasteiger partial charge in [-0.2, -0.15) is 0 Å². The van der Waals surface area contributed by atoms with Crippen molar-refractivity contribution >= 4 is 5.95 Å². The molecule has 0 radical (unpaired) electrons. The number of halogens is 1. The molecule has 0 saturated heterocycles. The van der Waals surface area contributed by atoms with Gasteiger partial charge in [0.05, 0.1) is 5.69 Å². The normalized spacial score (nSPS) is 10.7. The van der Waals surface area contributed by atoms with Gasteiger partial charge in [-0.15, -0.1) is 0 Å². The summed E-state index contributed by atoms with van der Waals surface area (Å²) in [6.45, 7) is 4.43. The van der Waals surface area contributed by atoms with Crippen LogP contribution in [0.25, 0.3) is 0 Å². The standard InChI is InChI=1S/C14H16FN3O/c1-9(2)12-7-13(19)18-14(17-12)16-8-10-3-5-11(15)6-4-10/h3-7,9H,8H2,1-2H3,(H2,16,17,18,19). The SMILES string of the molecule is CC(C)c1cc(=O)[nH]c(NCc2ccc(F)cc2)n1. The molecule has 0 bridgehead atoms. The summed E-state index contributed by atoms with van der Waals surface area (Å²) in [5, 5.41) is 3.03. The Morgan fingerprint density at radius 3 is 2.63 bits per heavy atom. The number of nitrogens with zero attached hydrogens (tertiary/aromatic N) is 1. The van der Waals surface area contributed by atoms with Gasteiger partial charge in [-0.05, 0) is 23.6 Å². The maximum Gasteiger partial charge on any atom is 0.252 e. The molecule has 0 aliphatic rings. The quantitative estimate of drug-likeness (QED) is 0.889. The number of aromatic nitrogens is 2. The summed E-state index contributed by atoms with van der Waals surface area (Å²) in [4.78, 5) is 18.4. The molecule has 1 heterocycles. The molecule has 0 fully saturated rings. The Kier molecular flexibility index (Phi) is 3.94. The molecule has 0 amide bonds. The highest BCUT2D eigenvalue weighted by atomic mass is 19.1. The minimum atomic E-state index is -0.267. The Balaban J connectivity index is 2.11. The van der Waals surface area contributed by atoms with E-state index in [-0.39, 0.29) is 17.3 Å². The molecule has 0 saturated carbocycles. The van der Waals surface area contributed by atoms with E-state index in [0.29, 0.717) is 12.5 Å². The molecule has 2 N–H and O–H groups in total. The van der Waals surface area contributed by atoms with Gasteiger partial charge in [-0.1, -0.05) is 26.0 Å². The molecule has 2 aromatic rings. The first-order valence-corrected chi connectivity index (χ1v) is 6.14. The number of aromatic amines is 1. The highest BCUT2D eigenvalue weighted by molar-refractivity contribution is 5.29. The summed E-state index contributed by atoms with van der Waals surface area (Å²) in [5.41, 5.74) is 1.48. The van der Waals surface area contributed by atoms with Gasteiger partial charge in [0.2, 0.25) is 5.95 Å². The van der Waals surface area contributed by atoms with Gasteiger partial charge in [-0.25, -0.2) is 9.37 Å². The van der Waals surface area contributed by atoms with Gasteiger partial charge in [-0.3, -0.25) is 9.78 Å². The largest absolute Gasteiger partial charge is 0.352 e. The fourth-order valence-electron chi connectivity index (χ4n) is 1.64. The van der Waals surface area contributed by atoms with Crippen LogP contribution in [0.2, 0.25) is 0 Å². The zero-order valence-corrected chi connectivity index (χ0v) is 10.9. The van der Waals surface area contributed by atoms with E-state index < -0.39 is 0 Å². The first-order chi connectivity index (χ1) is 9.04. The summed E-state index contributed by atoms with van der Waals surface area (Å²) in [7, 11) is 0. The van der Waals surface area contributed by atoms with Gasteiger partial charge in [0.1, 0.15) is 5.82 Å². The van der Waals surface area contributed by atoms with Crippen LogP contribution < -0.4 is 10.9 Å². The highest BCUT2D eigenvalue weighted by Gasteiger charge is 2.05. The van der Waals surface area contributed by atoms with Crippen molar-refractivity contribution in [3.8, 4) is 0 Å². The van der Waals surface area contributed by atoms with Crippen LogP contribution in [-0.4, -0.2) is 9.97 Å². The number of anilines is 1. The summed E-state index contributed by atoms with van der Waals surface area (Å²) >= 11 is 0. The van der Waals surface area contributed by atoms with E-state index in [1.807, 2.05) is 13.8 Å². The van der Waals surface area contributed by atoms with Crippen molar-refractivity contribution in [3.63, 3.8) is 0 Å². The molecular weight excluding hydrogens is 245 g/mol. The second-order valence-electron chi connectivity index (χ2n) is 4.65. The fourth-order valence-corrected chi connectivity index (χ4v) is 1.64. The molecule has 1 aromatic heterocycles. The van der Waals surface area contributed by atoms with Crippen LogP contribution in [0.3, 0.4) is 0 Å². The van der Waals surface area contributed by atoms with Crippen LogP contribution in [0.4, 0.5) is 10.3 Å².